The van der Waals surface area contributed by atoms with Crippen LogP contribution in [0, 0.1) is 11.6 Å². The summed E-state index contributed by atoms with van der Waals surface area (Å²) in [4.78, 5) is 3.66. The minimum atomic E-state index is -4.70. The molecule has 110 valence electrons. The van der Waals surface area contributed by atoms with Gasteiger partial charge in [-0.1, -0.05) is 6.07 Å². The molecule has 0 aromatic heterocycles. The topological polar surface area (TPSA) is 47.6 Å². The molecule has 0 spiro atoms. The largest absolute Gasteiger partial charge is 0.452 e. The molecule has 0 aliphatic carbocycles. The second-order valence-electron chi connectivity index (χ2n) is 4.67. The van der Waals surface area contributed by atoms with Crippen molar-refractivity contribution in [1.29, 1.82) is 0 Å². The van der Waals surface area contributed by atoms with Crippen molar-refractivity contribution in [3.8, 4) is 0 Å². The fourth-order valence-electron chi connectivity index (χ4n) is 2.22. The summed E-state index contributed by atoms with van der Waals surface area (Å²) in [5, 5.41) is 0. The number of ether oxygens (including phenoxy) is 1. The quantitative estimate of drug-likeness (QED) is 0.810. The molecule has 2 atom stereocenters. The molecule has 2 unspecified atom stereocenters. The molecule has 0 fully saturated rings. The van der Waals surface area contributed by atoms with Gasteiger partial charge in [0.05, 0.1) is 11.1 Å². The Balaban J connectivity index is 2.51. The summed E-state index contributed by atoms with van der Waals surface area (Å²) in [6, 6.07) is 2.27. The summed E-state index contributed by atoms with van der Waals surface area (Å²) in [5.74, 6) is -1.96. The maximum atomic E-state index is 13.8. The Morgan fingerprint density at radius 2 is 1.85 bits per heavy atom. The van der Waals surface area contributed by atoms with E-state index in [9.17, 15) is 22.0 Å². The van der Waals surface area contributed by atoms with Crippen molar-refractivity contribution >= 4 is 6.02 Å². The van der Waals surface area contributed by atoms with Crippen LogP contribution < -0.4 is 5.73 Å². The second kappa shape index (κ2) is 4.60. The van der Waals surface area contributed by atoms with E-state index in [0.717, 1.165) is 18.2 Å². The molecule has 1 aromatic rings. The minimum Gasteiger partial charge on any atom is -0.452 e. The zero-order valence-electron chi connectivity index (χ0n) is 10.3. The summed E-state index contributed by atoms with van der Waals surface area (Å²) in [6.45, 7) is 1.18. The van der Waals surface area contributed by atoms with Crippen LogP contribution in [0.3, 0.4) is 0 Å². The number of hydrogen-bond acceptors (Lipinski definition) is 3. The van der Waals surface area contributed by atoms with Crippen molar-refractivity contribution in [1.82, 2.24) is 0 Å². The van der Waals surface area contributed by atoms with Gasteiger partial charge in [0, 0.05) is 6.42 Å². The fourth-order valence-corrected chi connectivity index (χ4v) is 2.22. The molecule has 20 heavy (non-hydrogen) atoms. The SMILES string of the molecule is CC1(c2c(F)cccc2F)CC(C(F)(F)F)OC(N)=N1. The molecule has 0 amide bonds. The molecule has 0 saturated heterocycles. The van der Waals surface area contributed by atoms with E-state index in [1.807, 2.05) is 0 Å². The first-order valence-electron chi connectivity index (χ1n) is 5.67. The van der Waals surface area contributed by atoms with E-state index in [-0.39, 0.29) is 0 Å². The molecule has 8 heteroatoms. The summed E-state index contributed by atoms with van der Waals surface area (Å²) in [6.07, 6.45) is -7.72. The lowest BCUT2D eigenvalue weighted by Gasteiger charge is -2.35. The first-order chi connectivity index (χ1) is 9.13. The van der Waals surface area contributed by atoms with Crippen LogP contribution in [-0.2, 0) is 10.3 Å². The van der Waals surface area contributed by atoms with Crippen LogP contribution in [0.15, 0.2) is 23.2 Å². The van der Waals surface area contributed by atoms with Crippen molar-refractivity contribution in [3.63, 3.8) is 0 Å². The Bertz CT molecular complexity index is 537. The normalized spacial score (nSPS) is 26.9. The summed E-state index contributed by atoms with van der Waals surface area (Å²) >= 11 is 0. The molecule has 0 bridgehead atoms. The molecule has 2 N–H and O–H groups in total. The zero-order valence-corrected chi connectivity index (χ0v) is 10.3. The third kappa shape index (κ3) is 2.54. The number of alkyl halides is 3. The van der Waals surface area contributed by atoms with E-state index in [4.69, 9.17) is 5.73 Å². The van der Waals surface area contributed by atoms with E-state index in [0.29, 0.717) is 0 Å². The Hall–Kier alpha value is -1.86. The van der Waals surface area contributed by atoms with Gasteiger partial charge in [-0.05, 0) is 19.1 Å². The standard InChI is InChI=1S/C12H11F5N2O/c1-11(9-6(13)3-2-4-7(9)14)5-8(12(15,16)17)20-10(18)19-11/h2-4,8H,5H2,1H3,(H2,18,19). The molecule has 3 nitrogen and oxygen atoms in total. The fraction of sp³-hybridized carbons (Fsp3) is 0.417. The second-order valence-corrected chi connectivity index (χ2v) is 4.67. The van der Waals surface area contributed by atoms with Gasteiger partial charge in [-0.2, -0.15) is 13.2 Å². The van der Waals surface area contributed by atoms with Gasteiger partial charge < -0.3 is 10.5 Å². The van der Waals surface area contributed by atoms with Crippen LogP contribution >= 0.6 is 0 Å². The molecule has 1 heterocycles. The molecule has 0 saturated carbocycles. The highest BCUT2D eigenvalue weighted by Gasteiger charge is 2.50. The van der Waals surface area contributed by atoms with E-state index < -0.39 is 47.5 Å². The van der Waals surface area contributed by atoms with Gasteiger partial charge in [0.2, 0.25) is 0 Å². The van der Waals surface area contributed by atoms with Crippen molar-refractivity contribution in [2.24, 2.45) is 10.7 Å². The molecular weight excluding hydrogens is 283 g/mol. The van der Waals surface area contributed by atoms with Crippen molar-refractivity contribution in [2.75, 3.05) is 0 Å². The average Bonchev–Trinajstić information content (AvgIpc) is 2.25. The van der Waals surface area contributed by atoms with Crippen LogP contribution in [-0.4, -0.2) is 18.3 Å². The van der Waals surface area contributed by atoms with Gasteiger partial charge in [0.25, 0.3) is 6.02 Å². The van der Waals surface area contributed by atoms with E-state index in [1.165, 1.54) is 6.92 Å². The minimum absolute atomic E-state index is 0.555. The maximum Gasteiger partial charge on any atom is 0.425 e. The molecular formula is C12H11F5N2O. The third-order valence-corrected chi connectivity index (χ3v) is 3.07. The summed E-state index contributed by atoms with van der Waals surface area (Å²) in [7, 11) is 0. The van der Waals surface area contributed by atoms with Crippen molar-refractivity contribution in [3.05, 3.63) is 35.4 Å². The van der Waals surface area contributed by atoms with Crippen molar-refractivity contribution < 1.29 is 26.7 Å². The number of benzene rings is 1. The van der Waals surface area contributed by atoms with E-state index in [2.05, 4.69) is 9.73 Å². The lowest BCUT2D eigenvalue weighted by atomic mass is 9.85. The number of aliphatic imine (C=N–C) groups is 1. The Kier molecular flexibility index (Phi) is 3.35. The van der Waals surface area contributed by atoms with Crippen LogP contribution in [0.5, 0.6) is 0 Å². The summed E-state index contributed by atoms with van der Waals surface area (Å²) in [5.41, 5.74) is 2.88. The molecule has 2 rings (SSSR count). The Morgan fingerprint density at radius 3 is 2.35 bits per heavy atom. The number of amidine groups is 1. The Morgan fingerprint density at radius 1 is 1.30 bits per heavy atom. The monoisotopic (exact) mass is 294 g/mol. The molecule has 1 aliphatic heterocycles. The average molecular weight is 294 g/mol. The van der Waals surface area contributed by atoms with Gasteiger partial charge >= 0.3 is 6.18 Å². The summed E-state index contributed by atoms with van der Waals surface area (Å²) < 4.78 is 70.2. The van der Waals surface area contributed by atoms with E-state index in [1.54, 1.807) is 0 Å². The van der Waals surface area contributed by atoms with Crippen LogP contribution in [0.1, 0.15) is 18.9 Å². The Labute approximate surface area is 111 Å². The first kappa shape index (κ1) is 14.5. The van der Waals surface area contributed by atoms with Crippen LogP contribution in [0.2, 0.25) is 0 Å². The van der Waals surface area contributed by atoms with Gasteiger partial charge in [0.15, 0.2) is 6.10 Å². The molecule has 1 aliphatic rings. The highest BCUT2D eigenvalue weighted by atomic mass is 19.4. The maximum absolute atomic E-state index is 13.8. The van der Waals surface area contributed by atoms with Crippen LogP contribution in [0.4, 0.5) is 22.0 Å². The van der Waals surface area contributed by atoms with E-state index >= 15 is 0 Å². The van der Waals surface area contributed by atoms with Gasteiger partial charge in [-0.15, -0.1) is 0 Å². The number of nitrogens with zero attached hydrogens (tertiary/aromatic N) is 1. The predicted molar refractivity (Wildman–Crippen MR) is 60.9 cm³/mol. The highest BCUT2D eigenvalue weighted by Crippen LogP contribution is 2.41. The zero-order chi connectivity index (χ0) is 15.1. The number of nitrogens with two attached hydrogens (primary N) is 1. The lowest BCUT2D eigenvalue weighted by molar-refractivity contribution is -0.208. The third-order valence-electron chi connectivity index (χ3n) is 3.07. The highest BCUT2D eigenvalue weighted by molar-refractivity contribution is 5.73. The number of rotatable bonds is 1. The molecule has 0 radical (unpaired) electrons. The van der Waals surface area contributed by atoms with Gasteiger partial charge in [0.1, 0.15) is 11.6 Å². The first-order valence-corrected chi connectivity index (χ1v) is 5.67. The van der Waals surface area contributed by atoms with Gasteiger partial charge in [-0.25, -0.2) is 13.8 Å². The predicted octanol–water partition coefficient (Wildman–Crippen LogP) is 2.85. The molecule has 1 aromatic carbocycles. The lowest BCUT2D eigenvalue weighted by Crippen LogP contribution is -2.46. The van der Waals surface area contributed by atoms with Gasteiger partial charge in [-0.3, -0.25) is 0 Å². The van der Waals surface area contributed by atoms with Crippen LogP contribution in [0.25, 0.3) is 0 Å². The van der Waals surface area contributed by atoms with Crippen molar-refractivity contribution in [2.45, 2.75) is 31.2 Å². The number of halogens is 5. The smallest absolute Gasteiger partial charge is 0.425 e. The number of hydrogen-bond donors (Lipinski definition) is 1.